The van der Waals surface area contributed by atoms with E-state index in [2.05, 4.69) is 48.6 Å². The summed E-state index contributed by atoms with van der Waals surface area (Å²) in [6, 6.07) is 16.8. The first-order valence-corrected chi connectivity index (χ1v) is 6.28. The average Bonchev–Trinajstić information content (AvgIpc) is 2.42. The van der Waals surface area contributed by atoms with Crippen molar-refractivity contribution in [3.05, 3.63) is 65.2 Å². The van der Waals surface area contributed by atoms with Crippen LogP contribution in [0.25, 0.3) is 0 Å². The van der Waals surface area contributed by atoms with E-state index in [9.17, 15) is 0 Å². The Morgan fingerprint density at radius 3 is 2.33 bits per heavy atom. The molecule has 0 radical (unpaired) electrons. The lowest BCUT2D eigenvalue weighted by Crippen LogP contribution is -2.80. The molecule has 0 aromatic heterocycles. The summed E-state index contributed by atoms with van der Waals surface area (Å²) in [6.07, 6.45) is 0. The Kier molecular flexibility index (Phi) is 4.37. The molecule has 0 aliphatic carbocycles. The van der Waals surface area contributed by atoms with Crippen molar-refractivity contribution in [3.8, 4) is 5.75 Å². The van der Waals surface area contributed by atoms with E-state index in [1.54, 1.807) is 7.11 Å². The van der Waals surface area contributed by atoms with E-state index >= 15 is 0 Å². The van der Waals surface area contributed by atoms with Crippen molar-refractivity contribution < 1.29 is 10.1 Å². The third-order valence-electron chi connectivity index (χ3n) is 3.16. The van der Waals surface area contributed by atoms with Crippen LogP contribution in [0.15, 0.2) is 48.5 Å². The highest BCUT2D eigenvalue weighted by Gasteiger charge is 2.00. The molecule has 0 unspecified atom stereocenters. The fourth-order valence-corrected chi connectivity index (χ4v) is 2.00. The van der Waals surface area contributed by atoms with E-state index < -0.39 is 0 Å². The maximum absolute atomic E-state index is 5.15. The summed E-state index contributed by atoms with van der Waals surface area (Å²) >= 11 is 0. The first-order valence-electron chi connectivity index (χ1n) is 6.28. The number of hydrogen-bond donors (Lipinski definition) is 1. The Hall–Kier alpha value is -1.80. The molecule has 0 atom stereocenters. The molecule has 0 aliphatic rings. The lowest BCUT2D eigenvalue weighted by atomic mass is 10.1. The second-order valence-corrected chi connectivity index (χ2v) is 4.47. The molecule has 0 saturated heterocycles. The van der Waals surface area contributed by atoms with Gasteiger partial charge in [-0.3, -0.25) is 0 Å². The van der Waals surface area contributed by atoms with E-state index in [4.69, 9.17) is 4.74 Å². The van der Waals surface area contributed by atoms with Crippen LogP contribution < -0.4 is 10.1 Å². The molecule has 18 heavy (non-hydrogen) atoms. The zero-order chi connectivity index (χ0) is 12.8. The van der Waals surface area contributed by atoms with Crippen molar-refractivity contribution in [1.82, 2.24) is 0 Å². The number of methoxy groups -OCH3 is 1. The Bertz CT molecular complexity index is 491. The summed E-state index contributed by atoms with van der Waals surface area (Å²) in [5, 5.41) is 2.32. The van der Waals surface area contributed by atoms with Crippen LogP contribution in [-0.4, -0.2) is 7.11 Å². The van der Waals surface area contributed by atoms with Crippen LogP contribution in [-0.2, 0) is 13.1 Å². The van der Waals surface area contributed by atoms with Crippen LogP contribution >= 0.6 is 0 Å². The van der Waals surface area contributed by atoms with E-state index in [1.807, 2.05) is 12.1 Å². The number of nitrogens with two attached hydrogens (primary N) is 1. The van der Waals surface area contributed by atoms with Gasteiger partial charge in [0.05, 0.1) is 7.11 Å². The van der Waals surface area contributed by atoms with E-state index in [0.29, 0.717) is 0 Å². The predicted molar refractivity (Wildman–Crippen MR) is 73.5 cm³/mol. The van der Waals surface area contributed by atoms with Crippen LogP contribution in [0.5, 0.6) is 5.75 Å². The van der Waals surface area contributed by atoms with Gasteiger partial charge in [-0.05, 0) is 36.8 Å². The summed E-state index contributed by atoms with van der Waals surface area (Å²) < 4.78 is 5.15. The first kappa shape index (κ1) is 12.7. The topological polar surface area (TPSA) is 25.8 Å². The molecule has 0 heterocycles. The van der Waals surface area contributed by atoms with Crippen molar-refractivity contribution >= 4 is 0 Å². The van der Waals surface area contributed by atoms with Crippen molar-refractivity contribution in [2.24, 2.45) is 0 Å². The molecule has 0 bridgehead atoms. The smallest absolute Gasteiger partial charge is 0.118 e. The van der Waals surface area contributed by atoms with E-state index in [1.165, 1.54) is 16.7 Å². The summed E-state index contributed by atoms with van der Waals surface area (Å²) in [4.78, 5) is 0. The Morgan fingerprint density at radius 1 is 0.944 bits per heavy atom. The maximum atomic E-state index is 5.15. The molecule has 2 rings (SSSR count). The Balaban J connectivity index is 1.86. The van der Waals surface area contributed by atoms with Gasteiger partial charge in [-0.2, -0.15) is 0 Å². The van der Waals surface area contributed by atoms with Gasteiger partial charge in [-0.15, -0.1) is 0 Å². The van der Waals surface area contributed by atoms with Gasteiger partial charge in [0.1, 0.15) is 18.8 Å². The molecule has 2 N–H and O–H groups in total. The molecule has 94 valence electrons. The highest BCUT2D eigenvalue weighted by atomic mass is 16.5. The summed E-state index contributed by atoms with van der Waals surface area (Å²) in [5.41, 5.74) is 4.10. The third kappa shape index (κ3) is 3.34. The normalized spacial score (nSPS) is 10.3. The van der Waals surface area contributed by atoms with Gasteiger partial charge in [0.15, 0.2) is 0 Å². The molecule has 2 aromatic rings. The van der Waals surface area contributed by atoms with Crippen molar-refractivity contribution in [3.63, 3.8) is 0 Å². The molecule has 0 amide bonds. The monoisotopic (exact) mass is 242 g/mol. The molecule has 0 fully saturated rings. The van der Waals surface area contributed by atoms with Crippen molar-refractivity contribution in [1.29, 1.82) is 0 Å². The minimum Gasteiger partial charge on any atom is -0.497 e. The fourth-order valence-electron chi connectivity index (χ4n) is 2.00. The number of hydrogen-bond acceptors (Lipinski definition) is 1. The van der Waals surface area contributed by atoms with Crippen molar-refractivity contribution in [2.75, 3.05) is 7.11 Å². The number of quaternary nitrogens is 1. The van der Waals surface area contributed by atoms with Crippen LogP contribution in [0.2, 0.25) is 0 Å². The van der Waals surface area contributed by atoms with Gasteiger partial charge in [-0.25, -0.2) is 0 Å². The standard InChI is InChI=1S/C16H19NO/c1-13-5-3-4-6-15(13)12-17-11-14-7-9-16(18-2)10-8-14/h3-10,17H,11-12H2,1-2H3/p+1. The summed E-state index contributed by atoms with van der Waals surface area (Å²) in [5.74, 6) is 0.914. The number of aryl methyl sites for hydroxylation is 1. The first-order chi connectivity index (χ1) is 8.79. The van der Waals surface area contributed by atoms with E-state index in [-0.39, 0.29) is 0 Å². The van der Waals surface area contributed by atoms with Gasteiger partial charge in [0.2, 0.25) is 0 Å². The Morgan fingerprint density at radius 2 is 1.67 bits per heavy atom. The van der Waals surface area contributed by atoms with Gasteiger partial charge in [0, 0.05) is 11.1 Å². The molecule has 0 saturated carbocycles. The van der Waals surface area contributed by atoms with Gasteiger partial charge < -0.3 is 10.1 Å². The lowest BCUT2D eigenvalue weighted by molar-refractivity contribution is -0.686. The zero-order valence-electron chi connectivity index (χ0n) is 11.0. The van der Waals surface area contributed by atoms with E-state index in [0.717, 1.165) is 18.8 Å². The lowest BCUT2D eigenvalue weighted by Gasteiger charge is -2.05. The van der Waals surface area contributed by atoms with Crippen LogP contribution in [0, 0.1) is 6.92 Å². The Labute approximate surface area is 109 Å². The third-order valence-corrected chi connectivity index (χ3v) is 3.16. The molecule has 0 aliphatic heterocycles. The average molecular weight is 242 g/mol. The highest BCUT2D eigenvalue weighted by molar-refractivity contribution is 5.27. The van der Waals surface area contributed by atoms with Crippen molar-refractivity contribution in [2.45, 2.75) is 20.0 Å². The molecule has 0 spiro atoms. The summed E-state index contributed by atoms with van der Waals surface area (Å²) in [7, 11) is 1.69. The van der Waals surface area contributed by atoms with Crippen LogP contribution in [0.4, 0.5) is 0 Å². The van der Waals surface area contributed by atoms with Gasteiger partial charge in [-0.1, -0.05) is 24.3 Å². The maximum Gasteiger partial charge on any atom is 0.118 e. The SMILES string of the molecule is COc1ccc(C[NH2+]Cc2ccccc2C)cc1. The molecular weight excluding hydrogens is 222 g/mol. The van der Waals surface area contributed by atoms with Crippen LogP contribution in [0.1, 0.15) is 16.7 Å². The number of benzene rings is 2. The quantitative estimate of drug-likeness (QED) is 0.855. The molecular formula is C16H20NO+. The molecule has 2 nitrogen and oxygen atoms in total. The second-order valence-electron chi connectivity index (χ2n) is 4.47. The second kappa shape index (κ2) is 6.22. The fraction of sp³-hybridized carbons (Fsp3) is 0.250. The predicted octanol–water partition coefficient (Wildman–Crippen LogP) is 2.27. The van der Waals surface area contributed by atoms with Gasteiger partial charge in [0.25, 0.3) is 0 Å². The number of ether oxygens (including phenoxy) is 1. The van der Waals surface area contributed by atoms with Crippen LogP contribution in [0.3, 0.4) is 0 Å². The number of rotatable bonds is 5. The van der Waals surface area contributed by atoms with Gasteiger partial charge >= 0.3 is 0 Å². The molecule has 2 aromatic carbocycles. The minimum absolute atomic E-state index is 0.914. The summed E-state index contributed by atoms with van der Waals surface area (Å²) in [6.45, 7) is 4.19. The zero-order valence-corrected chi connectivity index (χ0v) is 11.0. The highest BCUT2D eigenvalue weighted by Crippen LogP contribution is 2.10. The minimum atomic E-state index is 0.914. The molecule has 2 heteroatoms. The largest absolute Gasteiger partial charge is 0.497 e.